The van der Waals surface area contributed by atoms with Crippen LogP contribution in [0.3, 0.4) is 0 Å². The van der Waals surface area contributed by atoms with E-state index in [0.717, 1.165) is 25.7 Å². The summed E-state index contributed by atoms with van der Waals surface area (Å²) in [6.45, 7) is 0. The largest absolute Gasteiger partial charge is 0.366 e. The van der Waals surface area contributed by atoms with Crippen LogP contribution in [-0.4, -0.2) is 16.0 Å². The molecule has 0 spiro atoms. The topological polar surface area (TPSA) is 40.5 Å². The van der Waals surface area contributed by atoms with Crippen molar-refractivity contribution in [3.05, 3.63) is 71.8 Å². The van der Waals surface area contributed by atoms with Gasteiger partial charge in [-0.15, -0.1) is 0 Å². The van der Waals surface area contributed by atoms with E-state index in [1.165, 1.54) is 75.3 Å². The molecular weight excluding hydrogens is 392 g/mol. The lowest BCUT2D eigenvalue weighted by Gasteiger charge is -2.36. The molecule has 0 aromatic heterocycles. The van der Waals surface area contributed by atoms with E-state index in [-0.39, 0.29) is 5.41 Å². The van der Waals surface area contributed by atoms with Gasteiger partial charge in [-0.05, 0) is 36.8 Å². The van der Waals surface area contributed by atoms with Gasteiger partial charge in [0.2, 0.25) is 0 Å². The van der Waals surface area contributed by atoms with Crippen molar-refractivity contribution in [1.29, 1.82) is 0 Å². The van der Waals surface area contributed by atoms with E-state index < -0.39 is 5.79 Å². The van der Waals surface area contributed by atoms with Crippen LogP contribution in [0.1, 0.15) is 114 Å². The molecule has 3 rings (SSSR count). The highest BCUT2D eigenvalue weighted by atomic mass is 16.5. The van der Waals surface area contributed by atoms with E-state index in [1.807, 2.05) is 0 Å². The number of hydrogen-bond acceptors (Lipinski definition) is 2. The van der Waals surface area contributed by atoms with Gasteiger partial charge in [0.1, 0.15) is 0 Å². The molecule has 2 heteroatoms. The van der Waals surface area contributed by atoms with E-state index in [4.69, 9.17) is 0 Å². The Morgan fingerprint density at radius 3 is 1.09 bits per heavy atom. The van der Waals surface area contributed by atoms with E-state index in [1.54, 1.807) is 0 Å². The van der Waals surface area contributed by atoms with Gasteiger partial charge in [-0.3, -0.25) is 0 Å². The predicted octanol–water partition coefficient (Wildman–Crippen LogP) is 7.91. The lowest BCUT2D eigenvalue weighted by Crippen LogP contribution is -2.28. The van der Waals surface area contributed by atoms with Gasteiger partial charge in [-0.25, -0.2) is 0 Å². The summed E-state index contributed by atoms with van der Waals surface area (Å²) in [4.78, 5) is 0. The minimum atomic E-state index is -1.45. The first kappa shape index (κ1) is 25.0. The van der Waals surface area contributed by atoms with Gasteiger partial charge in [-0.1, -0.05) is 125 Å². The molecule has 0 saturated heterocycles. The lowest BCUT2D eigenvalue weighted by atomic mass is 9.68. The molecule has 0 atom stereocenters. The third kappa shape index (κ3) is 7.74. The Hall–Kier alpha value is -1.64. The molecule has 1 fully saturated rings. The highest BCUT2D eigenvalue weighted by Crippen LogP contribution is 2.42. The lowest BCUT2D eigenvalue weighted by molar-refractivity contribution is -0.172. The Labute approximate surface area is 196 Å². The Kier molecular flexibility index (Phi) is 10.3. The monoisotopic (exact) mass is 436 g/mol. The summed E-state index contributed by atoms with van der Waals surface area (Å²) in [5, 5.41) is 20.4. The fourth-order valence-corrected chi connectivity index (χ4v) is 5.59. The van der Waals surface area contributed by atoms with Crippen LogP contribution in [-0.2, 0) is 5.41 Å². The second kappa shape index (κ2) is 13.2. The van der Waals surface area contributed by atoms with E-state index in [9.17, 15) is 10.2 Å². The first-order valence-corrected chi connectivity index (χ1v) is 13.2. The van der Waals surface area contributed by atoms with Crippen LogP contribution in [0.4, 0.5) is 0 Å². The molecular formula is C30H44O2. The Morgan fingerprint density at radius 1 is 0.406 bits per heavy atom. The van der Waals surface area contributed by atoms with E-state index in [2.05, 4.69) is 60.7 Å². The van der Waals surface area contributed by atoms with Crippen LogP contribution in [0.15, 0.2) is 60.7 Å². The van der Waals surface area contributed by atoms with Crippen LogP contribution in [0.2, 0.25) is 0 Å². The molecule has 0 heterocycles. The van der Waals surface area contributed by atoms with Crippen molar-refractivity contribution in [1.82, 2.24) is 0 Å². The van der Waals surface area contributed by atoms with E-state index >= 15 is 0 Å². The van der Waals surface area contributed by atoms with Crippen molar-refractivity contribution in [2.24, 2.45) is 0 Å². The zero-order valence-corrected chi connectivity index (χ0v) is 20.0. The molecule has 176 valence electrons. The van der Waals surface area contributed by atoms with Crippen molar-refractivity contribution in [3.8, 4) is 0 Å². The third-order valence-electron chi connectivity index (χ3n) is 7.51. The molecule has 0 unspecified atom stereocenters. The normalized spacial score (nSPS) is 21.8. The van der Waals surface area contributed by atoms with Crippen molar-refractivity contribution in [2.45, 2.75) is 114 Å². The highest BCUT2D eigenvalue weighted by Gasteiger charge is 2.33. The van der Waals surface area contributed by atoms with Crippen LogP contribution in [0.25, 0.3) is 0 Å². The van der Waals surface area contributed by atoms with Crippen LogP contribution in [0.5, 0.6) is 0 Å². The first-order chi connectivity index (χ1) is 15.6. The molecule has 0 amide bonds. The fraction of sp³-hybridized carbons (Fsp3) is 0.600. The number of rotatable bonds is 2. The van der Waals surface area contributed by atoms with Gasteiger partial charge in [0, 0.05) is 18.3 Å². The molecule has 1 saturated carbocycles. The smallest absolute Gasteiger partial charge is 0.162 e. The average molecular weight is 437 g/mol. The average Bonchev–Trinajstić information content (AvgIpc) is 2.81. The molecule has 0 bridgehead atoms. The van der Waals surface area contributed by atoms with Gasteiger partial charge in [0.15, 0.2) is 5.79 Å². The summed E-state index contributed by atoms with van der Waals surface area (Å²) in [5.74, 6) is -1.45. The summed E-state index contributed by atoms with van der Waals surface area (Å²) in [6.07, 6.45) is 17.4. The summed E-state index contributed by atoms with van der Waals surface area (Å²) < 4.78 is 0. The first-order valence-electron chi connectivity index (χ1n) is 13.2. The van der Waals surface area contributed by atoms with Crippen LogP contribution in [0, 0.1) is 0 Å². The highest BCUT2D eigenvalue weighted by molar-refractivity contribution is 5.39. The van der Waals surface area contributed by atoms with Gasteiger partial charge in [-0.2, -0.15) is 0 Å². The third-order valence-corrected chi connectivity index (χ3v) is 7.51. The molecule has 2 aromatic rings. The van der Waals surface area contributed by atoms with Gasteiger partial charge >= 0.3 is 0 Å². The van der Waals surface area contributed by atoms with Crippen molar-refractivity contribution >= 4 is 0 Å². The summed E-state index contributed by atoms with van der Waals surface area (Å²) in [5.41, 5.74) is 3.06. The zero-order chi connectivity index (χ0) is 22.5. The second-order valence-electron chi connectivity index (χ2n) is 10.0. The Balaban J connectivity index is 1.72. The molecule has 2 N–H and O–H groups in total. The maximum Gasteiger partial charge on any atom is 0.162 e. The molecule has 1 aliphatic rings. The van der Waals surface area contributed by atoms with Crippen LogP contribution >= 0.6 is 0 Å². The molecule has 2 aromatic carbocycles. The maximum absolute atomic E-state index is 10.2. The minimum absolute atomic E-state index is 0.112. The maximum atomic E-state index is 10.2. The van der Waals surface area contributed by atoms with Crippen molar-refractivity contribution in [3.63, 3.8) is 0 Å². The van der Waals surface area contributed by atoms with Gasteiger partial charge < -0.3 is 10.2 Å². The second-order valence-corrected chi connectivity index (χ2v) is 10.0. The van der Waals surface area contributed by atoms with Gasteiger partial charge in [0.25, 0.3) is 0 Å². The Morgan fingerprint density at radius 2 is 0.719 bits per heavy atom. The van der Waals surface area contributed by atoms with Gasteiger partial charge in [0.05, 0.1) is 0 Å². The SMILES string of the molecule is OC1(O)CCCCCCCCC(c2ccccc2)(c2ccccc2)CCCCCCCC1. The van der Waals surface area contributed by atoms with Crippen molar-refractivity contribution < 1.29 is 10.2 Å². The molecule has 32 heavy (non-hydrogen) atoms. The molecule has 2 nitrogen and oxygen atoms in total. The molecule has 0 radical (unpaired) electrons. The quantitative estimate of drug-likeness (QED) is 0.470. The van der Waals surface area contributed by atoms with Crippen molar-refractivity contribution in [2.75, 3.05) is 0 Å². The number of benzene rings is 2. The molecule has 0 aliphatic heterocycles. The zero-order valence-electron chi connectivity index (χ0n) is 20.0. The summed E-state index contributed by atoms with van der Waals surface area (Å²) >= 11 is 0. The summed E-state index contributed by atoms with van der Waals surface area (Å²) in [6, 6.07) is 22.4. The Bertz CT molecular complexity index is 674. The van der Waals surface area contributed by atoms with E-state index in [0.29, 0.717) is 12.8 Å². The molecule has 1 aliphatic carbocycles. The minimum Gasteiger partial charge on any atom is -0.366 e. The number of aliphatic hydroxyl groups is 2. The summed E-state index contributed by atoms with van der Waals surface area (Å²) in [7, 11) is 0. The standard InChI is InChI=1S/C30H44O2/c31-30(32)25-17-7-3-1-5-15-23-29(27-19-11-9-12-20-27,28-21-13-10-14-22-28)24-16-6-2-4-8-18-26-30/h9-14,19-22,31-32H,1-8,15-18,23-26H2. The predicted molar refractivity (Wildman–Crippen MR) is 135 cm³/mol. The van der Waals surface area contributed by atoms with Crippen LogP contribution < -0.4 is 0 Å². The fourth-order valence-electron chi connectivity index (χ4n) is 5.59. The number of hydrogen-bond donors (Lipinski definition) is 2.